The van der Waals surface area contributed by atoms with Gasteiger partial charge in [-0.3, -0.25) is 4.99 Å². The fourth-order valence-electron chi connectivity index (χ4n) is 2.49. The number of aliphatic imine (C=N–C) groups is 1. The van der Waals surface area contributed by atoms with Crippen molar-refractivity contribution in [1.29, 1.82) is 0 Å². The molecular weight excluding hydrogens is 391 g/mol. The van der Waals surface area contributed by atoms with E-state index in [1.54, 1.807) is 0 Å². The van der Waals surface area contributed by atoms with E-state index in [9.17, 15) is 0 Å². The highest BCUT2D eigenvalue weighted by Crippen LogP contribution is 2.15. The van der Waals surface area contributed by atoms with Crippen molar-refractivity contribution in [2.24, 2.45) is 10.9 Å². The van der Waals surface area contributed by atoms with Gasteiger partial charge in [0.05, 0.1) is 0 Å². The van der Waals surface area contributed by atoms with Gasteiger partial charge in [-0.1, -0.05) is 0 Å². The first-order valence-corrected chi connectivity index (χ1v) is 8.54. The summed E-state index contributed by atoms with van der Waals surface area (Å²) < 4.78 is 5.35. The Labute approximate surface area is 153 Å². The number of likely N-dealkylation sites (tertiary alicyclic amines) is 1. The Bertz CT molecular complexity index is 281. The SMILES string of the molecule is CCNC(=NCC1CCN(C)CC1)NCCCCOCC.I. The van der Waals surface area contributed by atoms with Gasteiger partial charge in [0.2, 0.25) is 0 Å². The van der Waals surface area contributed by atoms with E-state index in [-0.39, 0.29) is 24.0 Å². The minimum Gasteiger partial charge on any atom is -0.382 e. The summed E-state index contributed by atoms with van der Waals surface area (Å²) in [6.45, 7) is 11.1. The number of hydrogen-bond donors (Lipinski definition) is 2. The van der Waals surface area contributed by atoms with Crippen LogP contribution in [0.25, 0.3) is 0 Å². The molecule has 22 heavy (non-hydrogen) atoms. The molecule has 1 aliphatic rings. The van der Waals surface area contributed by atoms with Crippen molar-refractivity contribution < 1.29 is 4.74 Å². The van der Waals surface area contributed by atoms with Crippen LogP contribution in [0, 0.1) is 5.92 Å². The third-order valence-corrected chi connectivity index (χ3v) is 3.90. The second-order valence-electron chi connectivity index (χ2n) is 5.80. The Morgan fingerprint density at radius 3 is 2.55 bits per heavy atom. The number of halogens is 1. The minimum atomic E-state index is 0. The van der Waals surface area contributed by atoms with E-state index in [1.165, 1.54) is 25.9 Å². The molecule has 1 fully saturated rings. The summed E-state index contributed by atoms with van der Waals surface area (Å²) in [5.74, 6) is 1.71. The van der Waals surface area contributed by atoms with Crippen LogP contribution < -0.4 is 10.6 Å². The van der Waals surface area contributed by atoms with Gasteiger partial charge < -0.3 is 20.3 Å². The summed E-state index contributed by atoms with van der Waals surface area (Å²) in [5, 5.41) is 6.75. The van der Waals surface area contributed by atoms with Gasteiger partial charge in [-0.15, -0.1) is 24.0 Å². The summed E-state index contributed by atoms with van der Waals surface area (Å²) in [4.78, 5) is 7.15. The normalized spacial score (nSPS) is 17.1. The first-order valence-electron chi connectivity index (χ1n) is 8.54. The lowest BCUT2D eigenvalue weighted by Crippen LogP contribution is -2.38. The molecule has 6 heteroatoms. The summed E-state index contributed by atoms with van der Waals surface area (Å²) in [6.07, 6.45) is 4.77. The zero-order chi connectivity index (χ0) is 15.3. The number of guanidine groups is 1. The maximum absolute atomic E-state index is 5.35. The number of piperidine rings is 1. The number of nitrogens with one attached hydrogen (secondary N) is 2. The van der Waals surface area contributed by atoms with Gasteiger partial charge in [0, 0.05) is 32.8 Å². The molecule has 0 saturated carbocycles. The fraction of sp³-hybridized carbons (Fsp3) is 0.938. The molecule has 0 aromatic rings. The van der Waals surface area contributed by atoms with E-state index in [2.05, 4.69) is 29.5 Å². The largest absolute Gasteiger partial charge is 0.382 e. The van der Waals surface area contributed by atoms with Crippen molar-refractivity contribution in [1.82, 2.24) is 15.5 Å². The first kappa shape index (κ1) is 21.9. The highest BCUT2D eigenvalue weighted by molar-refractivity contribution is 14.0. The molecule has 0 radical (unpaired) electrons. The van der Waals surface area contributed by atoms with Crippen molar-refractivity contribution >= 4 is 29.9 Å². The molecule has 2 N–H and O–H groups in total. The van der Waals surface area contributed by atoms with Crippen molar-refractivity contribution in [3.63, 3.8) is 0 Å². The highest BCUT2D eigenvalue weighted by Gasteiger charge is 2.16. The van der Waals surface area contributed by atoms with Crippen LogP contribution >= 0.6 is 24.0 Å². The van der Waals surface area contributed by atoms with Crippen molar-refractivity contribution in [3.8, 4) is 0 Å². The van der Waals surface area contributed by atoms with E-state index in [0.29, 0.717) is 0 Å². The van der Waals surface area contributed by atoms with Crippen LogP contribution in [0.2, 0.25) is 0 Å². The smallest absolute Gasteiger partial charge is 0.191 e. The number of nitrogens with zero attached hydrogens (tertiary/aromatic N) is 2. The number of rotatable bonds is 9. The maximum atomic E-state index is 5.35. The topological polar surface area (TPSA) is 48.9 Å². The summed E-state index contributed by atoms with van der Waals surface area (Å²) in [5.41, 5.74) is 0. The predicted molar refractivity (Wildman–Crippen MR) is 105 cm³/mol. The Morgan fingerprint density at radius 2 is 1.91 bits per heavy atom. The summed E-state index contributed by atoms with van der Waals surface area (Å²) >= 11 is 0. The lowest BCUT2D eigenvalue weighted by Gasteiger charge is -2.28. The van der Waals surface area contributed by atoms with E-state index in [4.69, 9.17) is 9.73 Å². The third kappa shape index (κ3) is 10.6. The summed E-state index contributed by atoms with van der Waals surface area (Å²) in [7, 11) is 2.20. The molecule has 1 heterocycles. The van der Waals surface area contributed by atoms with E-state index in [1.807, 2.05) is 6.92 Å². The van der Waals surface area contributed by atoms with E-state index >= 15 is 0 Å². The van der Waals surface area contributed by atoms with Gasteiger partial charge in [0.1, 0.15) is 0 Å². The molecule has 1 rings (SSSR count). The third-order valence-electron chi connectivity index (χ3n) is 3.90. The van der Waals surface area contributed by atoms with Gasteiger partial charge in [-0.2, -0.15) is 0 Å². The zero-order valence-corrected chi connectivity index (χ0v) is 16.9. The van der Waals surface area contributed by atoms with Crippen LogP contribution in [0.4, 0.5) is 0 Å². The Balaban J connectivity index is 0.00000441. The van der Waals surface area contributed by atoms with Crippen LogP contribution in [0.15, 0.2) is 4.99 Å². The lowest BCUT2D eigenvalue weighted by atomic mass is 9.97. The van der Waals surface area contributed by atoms with Crippen LogP contribution in [0.5, 0.6) is 0 Å². The number of ether oxygens (including phenoxy) is 1. The predicted octanol–water partition coefficient (Wildman–Crippen LogP) is 2.32. The van der Waals surface area contributed by atoms with Gasteiger partial charge >= 0.3 is 0 Å². The molecule has 0 aromatic heterocycles. The molecule has 0 atom stereocenters. The Hall–Kier alpha value is -0.0800. The zero-order valence-electron chi connectivity index (χ0n) is 14.6. The fourth-order valence-corrected chi connectivity index (χ4v) is 2.49. The number of unbranched alkanes of at least 4 members (excludes halogenated alkanes) is 1. The Kier molecular flexibility index (Phi) is 14.5. The molecule has 0 aliphatic carbocycles. The second kappa shape index (κ2) is 14.5. The molecule has 0 spiro atoms. The molecule has 1 aliphatic heterocycles. The molecule has 0 bridgehead atoms. The van der Waals surface area contributed by atoms with Crippen LogP contribution in [0.1, 0.15) is 39.5 Å². The highest BCUT2D eigenvalue weighted by atomic mass is 127. The Morgan fingerprint density at radius 1 is 1.18 bits per heavy atom. The van der Waals surface area contributed by atoms with Crippen molar-refractivity contribution in [2.75, 3.05) is 53.0 Å². The quantitative estimate of drug-likeness (QED) is 0.257. The van der Waals surface area contributed by atoms with Gasteiger partial charge in [0.15, 0.2) is 5.96 Å². The molecule has 0 aromatic carbocycles. The molecular formula is C16H35IN4O. The molecule has 0 amide bonds. The van der Waals surface area contributed by atoms with Crippen LogP contribution in [-0.2, 0) is 4.74 Å². The van der Waals surface area contributed by atoms with E-state index in [0.717, 1.165) is 57.6 Å². The molecule has 1 saturated heterocycles. The minimum absolute atomic E-state index is 0. The van der Waals surface area contributed by atoms with Crippen molar-refractivity contribution in [3.05, 3.63) is 0 Å². The van der Waals surface area contributed by atoms with E-state index < -0.39 is 0 Å². The van der Waals surface area contributed by atoms with Crippen LogP contribution in [-0.4, -0.2) is 63.8 Å². The standard InChI is InChI=1S/C16H34N4O.HI/c1-4-17-16(18-10-6-7-13-21-5-2)19-14-15-8-11-20(3)12-9-15;/h15H,4-14H2,1-3H3,(H2,17,18,19);1H. The van der Waals surface area contributed by atoms with Gasteiger partial charge in [0.25, 0.3) is 0 Å². The average Bonchev–Trinajstić information content (AvgIpc) is 2.49. The maximum Gasteiger partial charge on any atom is 0.191 e. The lowest BCUT2D eigenvalue weighted by molar-refractivity contribution is 0.143. The van der Waals surface area contributed by atoms with Crippen molar-refractivity contribution in [2.45, 2.75) is 39.5 Å². The molecule has 0 unspecified atom stereocenters. The van der Waals surface area contributed by atoms with Gasteiger partial charge in [-0.25, -0.2) is 0 Å². The average molecular weight is 426 g/mol. The molecule has 132 valence electrons. The van der Waals surface area contributed by atoms with Crippen LogP contribution in [0.3, 0.4) is 0 Å². The first-order chi connectivity index (χ1) is 10.3. The molecule has 5 nitrogen and oxygen atoms in total. The second-order valence-corrected chi connectivity index (χ2v) is 5.80. The number of hydrogen-bond acceptors (Lipinski definition) is 3. The summed E-state index contributed by atoms with van der Waals surface area (Å²) in [6, 6.07) is 0. The monoisotopic (exact) mass is 426 g/mol. The van der Waals surface area contributed by atoms with Gasteiger partial charge in [-0.05, 0) is 65.6 Å².